The summed E-state index contributed by atoms with van der Waals surface area (Å²) in [6.45, 7) is 0. The maximum Gasteiger partial charge on any atom is 0.277 e. The summed E-state index contributed by atoms with van der Waals surface area (Å²) >= 11 is 1.27. The number of carbonyl (C=O) groups is 1. The fourth-order valence-corrected chi connectivity index (χ4v) is 3.79. The van der Waals surface area contributed by atoms with Crippen LogP contribution < -0.4 is 5.32 Å². The van der Waals surface area contributed by atoms with Crippen LogP contribution in [0.4, 0.5) is 5.13 Å². The fourth-order valence-electron chi connectivity index (χ4n) is 2.03. The van der Waals surface area contributed by atoms with Crippen molar-refractivity contribution < 1.29 is 13.2 Å². The molecule has 3 rings (SSSR count). The van der Waals surface area contributed by atoms with Crippen molar-refractivity contribution in [1.29, 1.82) is 0 Å². The molecule has 24 heavy (non-hydrogen) atoms. The van der Waals surface area contributed by atoms with Gasteiger partial charge in [0.2, 0.25) is 10.0 Å². The molecule has 2 aromatic heterocycles. The van der Waals surface area contributed by atoms with E-state index in [1.807, 2.05) is 0 Å². The van der Waals surface area contributed by atoms with Crippen molar-refractivity contribution in [2.24, 2.45) is 7.05 Å². The molecular formula is C14H15N5O3S2. The zero-order valence-electron chi connectivity index (χ0n) is 13.2. The highest BCUT2D eigenvalue weighted by molar-refractivity contribution is 7.89. The van der Waals surface area contributed by atoms with E-state index in [2.05, 4.69) is 15.4 Å². The molecule has 0 fully saturated rings. The smallest absolute Gasteiger partial charge is 0.277 e. The molecule has 0 aliphatic carbocycles. The van der Waals surface area contributed by atoms with E-state index in [9.17, 15) is 13.2 Å². The van der Waals surface area contributed by atoms with Crippen LogP contribution in [-0.2, 0) is 17.1 Å². The van der Waals surface area contributed by atoms with Gasteiger partial charge in [-0.3, -0.25) is 14.8 Å². The van der Waals surface area contributed by atoms with Crippen molar-refractivity contribution in [1.82, 2.24) is 19.1 Å². The highest BCUT2D eigenvalue weighted by Gasteiger charge is 2.19. The molecule has 3 aromatic rings. The number of aryl methyl sites for hydroxylation is 1. The van der Waals surface area contributed by atoms with E-state index in [0.717, 1.165) is 9.01 Å². The summed E-state index contributed by atoms with van der Waals surface area (Å²) in [6, 6.07) is 6.31. The molecule has 126 valence electrons. The topological polar surface area (TPSA) is 97.2 Å². The van der Waals surface area contributed by atoms with Gasteiger partial charge in [0, 0.05) is 27.3 Å². The third kappa shape index (κ3) is 3.03. The molecule has 10 heteroatoms. The maximum absolute atomic E-state index is 12.2. The van der Waals surface area contributed by atoms with Gasteiger partial charge in [0.25, 0.3) is 5.91 Å². The first-order chi connectivity index (χ1) is 11.3. The second kappa shape index (κ2) is 5.96. The molecule has 0 saturated heterocycles. The Morgan fingerprint density at radius 2 is 2.04 bits per heavy atom. The third-order valence-corrected chi connectivity index (χ3v) is 6.07. The van der Waals surface area contributed by atoms with E-state index >= 15 is 0 Å². The lowest BCUT2D eigenvalue weighted by Crippen LogP contribution is -2.22. The van der Waals surface area contributed by atoms with Gasteiger partial charge >= 0.3 is 0 Å². The number of nitrogens with one attached hydrogen (secondary N) is 1. The second-order valence-electron chi connectivity index (χ2n) is 5.26. The highest BCUT2D eigenvalue weighted by atomic mass is 32.2. The average molecular weight is 365 g/mol. The number of nitrogens with zero attached hydrogens (tertiary/aromatic N) is 4. The first kappa shape index (κ1) is 16.6. The van der Waals surface area contributed by atoms with Crippen LogP contribution in [-0.4, -0.2) is 47.5 Å². The number of amides is 1. The summed E-state index contributed by atoms with van der Waals surface area (Å²) in [5.41, 5.74) is 0.798. The molecule has 1 amide bonds. The minimum Gasteiger partial charge on any atom is -0.296 e. The second-order valence-corrected chi connectivity index (χ2v) is 8.45. The Morgan fingerprint density at radius 3 is 2.67 bits per heavy atom. The number of hydrogen-bond donors (Lipinski definition) is 1. The summed E-state index contributed by atoms with van der Waals surface area (Å²) in [5, 5.41) is 7.09. The van der Waals surface area contributed by atoms with Crippen molar-refractivity contribution in [2.75, 3.05) is 19.4 Å². The van der Waals surface area contributed by atoms with Crippen LogP contribution in [0.5, 0.6) is 0 Å². The lowest BCUT2D eigenvalue weighted by Gasteiger charge is -2.10. The van der Waals surface area contributed by atoms with Gasteiger partial charge < -0.3 is 0 Å². The van der Waals surface area contributed by atoms with Crippen molar-refractivity contribution in [3.8, 4) is 0 Å². The van der Waals surface area contributed by atoms with Crippen molar-refractivity contribution >= 4 is 42.6 Å². The largest absolute Gasteiger partial charge is 0.296 e. The van der Waals surface area contributed by atoms with Gasteiger partial charge in [-0.2, -0.15) is 5.10 Å². The third-order valence-electron chi connectivity index (χ3n) is 3.30. The number of fused-ring (bicyclic) bond motifs is 1. The van der Waals surface area contributed by atoms with Crippen LogP contribution in [0.1, 0.15) is 10.5 Å². The van der Waals surface area contributed by atoms with Crippen LogP contribution >= 0.6 is 11.3 Å². The minimum atomic E-state index is -3.52. The van der Waals surface area contributed by atoms with Gasteiger partial charge in [0.1, 0.15) is 0 Å². The average Bonchev–Trinajstić information content (AvgIpc) is 3.11. The number of aromatic nitrogens is 3. The summed E-state index contributed by atoms with van der Waals surface area (Å²) in [6.07, 6.45) is 1.67. The van der Waals surface area contributed by atoms with E-state index < -0.39 is 10.0 Å². The summed E-state index contributed by atoms with van der Waals surface area (Å²) in [5.74, 6) is -0.365. The van der Waals surface area contributed by atoms with Crippen molar-refractivity contribution in [3.05, 3.63) is 36.2 Å². The van der Waals surface area contributed by atoms with Crippen LogP contribution in [0, 0.1) is 0 Å². The van der Waals surface area contributed by atoms with Gasteiger partial charge in [-0.25, -0.2) is 17.7 Å². The van der Waals surface area contributed by atoms with Crippen LogP contribution in [0.2, 0.25) is 0 Å². The summed E-state index contributed by atoms with van der Waals surface area (Å²) in [7, 11) is 1.14. The first-order valence-corrected chi connectivity index (χ1v) is 9.17. The van der Waals surface area contributed by atoms with Gasteiger partial charge in [0.15, 0.2) is 10.8 Å². The van der Waals surface area contributed by atoms with Gasteiger partial charge in [-0.1, -0.05) is 11.3 Å². The molecule has 2 heterocycles. The first-order valence-electron chi connectivity index (χ1n) is 6.91. The Labute approximate surface area is 142 Å². The molecule has 0 atom stereocenters. The molecule has 0 unspecified atom stereocenters. The SMILES string of the molecule is CN(C)S(=O)(=O)c1ccc2sc(NC(=O)c3ccn(C)n3)nc2c1. The van der Waals surface area contributed by atoms with E-state index in [-0.39, 0.29) is 16.5 Å². The number of sulfonamides is 1. The number of anilines is 1. The minimum absolute atomic E-state index is 0.160. The van der Waals surface area contributed by atoms with E-state index in [1.165, 1.54) is 42.2 Å². The van der Waals surface area contributed by atoms with Crippen LogP contribution in [0.15, 0.2) is 35.4 Å². The Morgan fingerprint density at radius 1 is 1.29 bits per heavy atom. The maximum atomic E-state index is 12.2. The van der Waals surface area contributed by atoms with E-state index in [1.54, 1.807) is 25.4 Å². The van der Waals surface area contributed by atoms with Crippen LogP contribution in [0.3, 0.4) is 0 Å². The normalized spacial score (nSPS) is 12.0. The lowest BCUT2D eigenvalue weighted by molar-refractivity contribution is 0.102. The van der Waals surface area contributed by atoms with Gasteiger partial charge in [-0.05, 0) is 24.3 Å². The number of carbonyl (C=O) groups excluding carboxylic acids is 1. The Hall–Kier alpha value is -2.30. The molecule has 0 spiro atoms. The van der Waals surface area contributed by atoms with Crippen LogP contribution in [0.25, 0.3) is 10.2 Å². The predicted molar refractivity (Wildman–Crippen MR) is 91.7 cm³/mol. The van der Waals surface area contributed by atoms with Crippen molar-refractivity contribution in [3.63, 3.8) is 0 Å². The number of thiazole rings is 1. The molecule has 0 aliphatic heterocycles. The highest BCUT2D eigenvalue weighted by Crippen LogP contribution is 2.28. The molecular weight excluding hydrogens is 350 g/mol. The Balaban J connectivity index is 1.90. The number of rotatable bonds is 4. The molecule has 0 bridgehead atoms. The lowest BCUT2D eigenvalue weighted by atomic mass is 10.3. The zero-order valence-corrected chi connectivity index (χ0v) is 14.8. The van der Waals surface area contributed by atoms with E-state index in [4.69, 9.17) is 0 Å². The van der Waals surface area contributed by atoms with Gasteiger partial charge in [0.05, 0.1) is 15.1 Å². The summed E-state index contributed by atoms with van der Waals surface area (Å²) < 4.78 is 27.8. The monoisotopic (exact) mass is 365 g/mol. The number of hydrogen-bond acceptors (Lipinski definition) is 6. The van der Waals surface area contributed by atoms with Crippen molar-refractivity contribution in [2.45, 2.75) is 4.90 Å². The zero-order chi connectivity index (χ0) is 17.5. The summed E-state index contributed by atoms with van der Waals surface area (Å²) in [4.78, 5) is 16.5. The number of benzene rings is 1. The van der Waals surface area contributed by atoms with Gasteiger partial charge in [-0.15, -0.1) is 0 Å². The molecule has 1 N–H and O–H groups in total. The Kier molecular flexibility index (Phi) is 4.11. The molecule has 0 radical (unpaired) electrons. The quantitative estimate of drug-likeness (QED) is 0.756. The molecule has 1 aromatic carbocycles. The standard InChI is InChI=1S/C14H15N5O3S2/c1-18(2)24(21,22)9-4-5-12-11(8-9)15-14(23-12)16-13(20)10-6-7-19(3)17-10/h4-8H,1-3H3,(H,15,16,20). The fraction of sp³-hybridized carbons (Fsp3) is 0.214. The van der Waals surface area contributed by atoms with E-state index in [0.29, 0.717) is 10.6 Å². The molecule has 0 saturated carbocycles. The predicted octanol–water partition coefficient (Wildman–Crippen LogP) is 1.53. The Bertz CT molecular complexity index is 1020. The molecule has 0 aliphatic rings. The molecule has 8 nitrogen and oxygen atoms in total.